The predicted molar refractivity (Wildman–Crippen MR) is 90.4 cm³/mol. The number of fused-ring (bicyclic) bond motifs is 1. The average Bonchev–Trinajstić information content (AvgIpc) is 3.10. The highest BCUT2D eigenvalue weighted by Crippen LogP contribution is 2.39. The molecule has 1 saturated carbocycles. The Kier molecular flexibility index (Phi) is 5.98. The molecule has 2 fully saturated rings. The van der Waals surface area contributed by atoms with Crippen LogP contribution in [0.5, 0.6) is 0 Å². The minimum atomic E-state index is -1.20. The average molecular weight is 352 g/mol. The molecule has 1 aliphatic heterocycles. The zero-order chi connectivity index (χ0) is 18.9. The molecule has 0 aromatic heterocycles. The number of carbonyl (C=O) groups is 4. The van der Waals surface area contributed by atoms with E-state index in [-0.39, 0.29) is 41.9 Å². The van der Waals surface area contributed by atoms with Crippen molar-refractivity contribution in [3.8, 4) is 0 Å². The van der Waals surface area contributed by atoms with E-state index in [0.29, 0.717) is 12.8 Å². The van der Waals surface area contributed by atoms with Crippen LogP contribution in [0.4, 0.5) is 0 Å². The molecule has 7 nitrogen and oxygen atoms in total. The molecular weight excluding hydrogens is 324 g/mol. The van der Waals surface area contributed by atoms with Crippen molar-refractivity contribution in [2.45, 2.75) is 58.7 Å². The molecule has 0 unspecified atom stereocenters. The number of amides is 2. The third kappa shape index (κ3) is 3.76. The number of aldehydes is 1. The molecule has 25 heavy (non-hydrogen) atoms. The topological polar surface area (TPSA) is 104 Å². The molecule has 2 rings (SSSR count). The lowest BCUT2D eigenvalue weighted by atomic mass is 9.94. The number of hydrogen-bond acceptors (Lipinski definition) is 5. The van der Waals surface area contributed by atoms with Gasteiger partial charge in [0.2, 0.25) is 11.8 Å². The standard InChI is InChI=1S/C18H28N2O5/c1-9(2)15(19-17(24)16(23)10(3)4)18(25)20-7-12-11(13(20)8-21)5-6-14(12)22/h8-13,15-16,23H,5-7H2,1-4H3,(H,19,24)/t11-,12-,13+,15-,16-/m0/s1. The first-order chi connectivity index (χ1) is 11.7. The Hall–Kier alpha value is -1.76. The van der Waals surface area contributed by atoms with Gasteiger partial charge in [0.05, 0.1) is 6.04 Å². The Morgan fingerprint density at radius 2 is 1.88 bits per heavy atom. The lowest BCUT2D eigenvalue weighted by Gasteiger charge is -2.31. The number of likely N-dealkylation sites (tertiary alicyclic amines) is 1. The Balaban J connectivity index is 2.16. The lowest BCUT2D eigenvalue weighted by Crippen LogP contribution is -2.55. The van der Waals surface area contributed by atoms with Crippen molar-refractivity contribution in [3.05, 3.63) is 0 Å². The van der Waals surface area contributed by atoms with Crippen LogP contribution in [-0.2, 0) is 19.2 Å². The summed E-state index contributed by atoms with van der Waals surface area (Å²) < 4.78 is 0. The fraction of sp³-hybridized carbons (Fsp3) is 0.778. The molecule has 2 amide bonds. The highest BCUT2D eigenvalue weighted by molar-refractivity contribution is 5.93. The van der Waals surface area contributed by atoms with Crippen LogP contribution in [0.2, 0.25) is 0 Å². The van der Waals surface area contributed by atoms with Crippen LogP contribution in [0.15, 0.2) is 0 Å². The second kappa shape index (κ2) is 7.64. The maximum atomic E-state index is 13.0. The number of aliphatic hydroxyl groups excluding tert-OH is 1. The zero-order valence-corrected chi connectivity index (χ0v) is 15.3. The Labute approximate surface area is 148 Å². The first-order valence-corrected chi connectivity index (χ1v) is 8.96. The molecule has 5 atom stereocenters. The van der Waals surface area contributed by atoms with Gasteiger partial charge in [-0.3, -0.25) is 14.4 Å². The molecule has 7 heteroatoms. The number of rotatable bonds is 6. The largest absolute Gasteiger partial charge is 0.383 e. The normalized spacial score (nSPS) is 28.2. The van der Waals surface area contributed by atoms with Crippen molar-refractivity contribution in [1.29, 1.82) is 0 Å². The SMILES string of the molecule is CC(C)[C@H](O)C(=O)N[C@H](C(=O)N1C[C@@H]2C(=O)CC[C@@H]2[C@H]1C=O)C(C)C. The summed E-state index contributed by atoms with van der Waals surface area (Å²) in [5.74, 6) is -1.72. The van der Waals surface area contributed by atoms with Gasteiger partial charge in [0.25, 0.3) is 0 Å². The molecule has 0 bridgehead atoms. The van der Waals surface area contributed by atoms with Crippen LogP contribution < -0.4 is 5.32 Å². The molecule has 0 aromatic rings. The number of ketones is 1. The second-order valence-corrected chi connectivity index (χ2v) is 7.81. The molecule has 1 aliphatic carbocycles. The summed E-state index contributed by atoms with van der Waals surface area (Å²) in [5.41, 5.74) is 0. The molecular formula is C18H28N2O5. The summed E-state index contributed by atoms with van der Waals surface area (Å²) in [6.45, 7) is 7.25. The highest BCUT2D eigenvalue weighted by atomic mass is 16.3. The number of hydrogen-bond donors (Lipinski definition) is 2. The van der Waals surface area contributed by atoms with Gasteiger partial charge in [-0.05, 0) is 24.2 Å². The predicted octanol–water partition coefficient (Wildman–Crippen LogP) is 0.149. The molecule has 2 aliphatic rings. The third-order valence-electron chi connectivity index (χ3n) is 5.40. The van der Waals surface area contributed by atoms with Crippen molar-refractivity contribution in [1.82, 2.24) is 10.2 Å². The van der Waals surface area contributed by atoms with Crippen molar-refractivity contribution < 1.29 is 24.3 Å². The van der Waals surface area contributed by atoms with Gasteiger partial charge in [0.1, 0.15) is 24.2 Å². The van der Waals surface area contributed by atoms with E-state index in [1.54, 1.807) is 27.7 Å². The van der Waals surface area contributed by atoms with Crippen molar-refractivity contribution in [3.63, 3.8) is 0 Å². The fourth-order valence-electron chi connectivity index (χ4n) is 3.79. The number of Topliss-reactive ketones (excluding diaryl/α,β-unsaturated/α-hetero) is 1. The third-order valence-corrected chi connectivity index (χ3v) is 5.40. The van der Waals surface area contributed by atoms with Crippen molar-refractivity contribution in [2.75, 3.05) is 6.54 Å². The quantitative estimate of drug-likeness (QED) is 0.662. The van der Waals surface area contributed by atoms with E-state index < -0.39 is 24.1 Å². The zero-order valence-electron chi connectivity index (χ0n) is 15.3. The minimum absolute atomic E-state index is 0.104. The summed E-state index contributed by atoms with van der Waals surface area (Å²) in [6.07, 6.45) is 0.632. The lowest BCUT2D eigenvalue weighted by molar-refractivity contribution is -0.143. The summed E-state index contributed by atoms with van der Waals surface area (Å²) in [4.78, 5) is 50.1. The van der Waals surface area contributed by atoms with Gasteiger partial charge >= 0.3 is 0 Å². The number of nitrogens with zero attached hydrogens (tertiary/aromatic N) is 1. The maximum absolute atomic E-state index is 13.0. The first kappa shape index (κ1) is 19.6. The van der Waals surface area contributed by atoms with E-state index in [1.165, 1.54) is 4.90 Å². The van der Waals surface area contributed by atoms with E-state index in [2.05, 4.69) is 5.32 Å². The molecule has 0 aromatic carbocycles. The van der Waals surface area contributed by atoms with Gasteiger partial charge in [0.15, 0.2) is 0 Å². The molecule has 2 N–H and O–H groups in total. The minimum Gasteiger partial charge on any atom is -0.383 e. The van der Waals surface area contributed by atoms with Gasteiger partial charge in [0, 0.05) is 18.9 Å². The maximum Gasteiger partial charge on any atom is 0.249 e. The van der Waals surface area contributed by atoms with Crippen LogP contribution in [0, 0.1) is 23.7 Å². The molecule has 1 heterocycles. The summed E-state index contributed by atoms with van der Waals surface area (Å²) in [5, 5.41) is 12.5. The molecule has 0 radical (unpaired) electrons. The number of nitrogens with one attached hydrogen (secondary N) is 1. The van der Waals surface area contributed by atoms with Crippen LogP contribution in [0.3, 0.4) is 0 Å². The van der Waals surface area contributed by atoms with Crippen LogP contribution in [0.1, 0.15) is 40.5 Å². The van der Waals surface area contributed by atoms with E-state index in [9.17, 15) is 24.3 Å². The number of aliphatic hydroxyl groups is 1. The Morgan fingerprint density at radius 3 is 2.40 bits per heavy atom. The van der Waals surface area contributed by atoms with Crippen LogP contribution >= 0.6 is 0 Å². The van der Waals surface area contributed by atoms with E-state index in [4.69, 9.17) is 0 Å². The van der Waals surface area contributed by atoms with Crippen molar-refractivity contribution >= 4 is 23.9 Å². The summed E-state index contributed by atoms with van der Waals surface area (Å²) in [6, 6.07) is -1.45. The van der Waals surface area contributed by atoms with E-state index in [0.717, 1.165) is 6.29 Å². The monoisotopic (exact) mass is 352 g/mol. The summed E-state index contributed by atoms with van der Waals surface area (Å²) >= 11 is 0. The molecule has 0 spiro atoms. The smallest absolute Gasteiger partial charge is 0.249 e. The highest BCUT2D eigenvalue weighted by Gasteiger charge is 2.51. The van der Waals surface area contributed by atoms with E-state index >= 15 is 0 Å². The van der Waals surface area contributed by atoms with Gasteiger partial charge in [-0.1, -0.05) is 27.7 Å². The first-order valence-electron chi connectivity index (χ1n) is 8.96. The summed E-state index contributed by atoms with van der Waals surface area (Å²) in [7, 11) is 0. The van der Waals surface area contributed by atoms with Crippen molar-refractivity contribution in [2.24, 2.45) is 23.7 Å². The van der Waals surface area contributed by atoms with Crippen LogP contribution in [-0.4, -0.2) is 58.6 Å². The fourth-order valence-corrected chi connectivity index (χ4v) is 3.79. The molecule has 140 valence electrons. The van der Waals surface area contributed by atoms with E-state index in [1.807, 2.05) is 0 Å². The van der Waals surface area contributed by atoms with Crippen LogP contribution in [0.25, 0.3) is 0 Å². The van der Waals surface area contributed by atoms with Gasteiger partial charge in [-0.2, -0.15) is 0 Å². The van der Waals surface area contributed by atoms with Gasteiger partial charge in [-0.25, -0.2) is 0 Å². The Morgan fingerprint density at radius 1 is 1.24 bits per heavy atom. The number of carbonyl (C=O) groups excluding carboxylic acids is 4. The second-order valence-electron chi connectivity index (χ2n) is 7.81. The molecule has 1 saturated heterocycles. The Bertz CT molecular complexity index is 560. The van der Waals surface area contributed by atoms with Gasteiger partial charge in [-0.15, -0.1) is 0 Å². The van der Waals surface area contributed by atoms with Gasteiger partial charge < -0.3 is 20.1 Å².